The maximum Gasteiger partial charge on any atom is 0.164 e. The number of aromatic nitrogens is 3. The third-order valence-electron chi connectivity index (χ3n) is 8.98. The van der Waals surface area contributed by atoms with Gasteiger partial charge < -0.3 is 4.42 Å². The lowest BCUT2D eigenvalue weighted by atomic mass is 10.0. The normalized spacial score (nSPS) is 11.3. The molecule has 0 spiro atoms. The van der Waals surface area contributed by atoms with Gasteiger partial charge in [-0.05, 0) is 51.6 Å². The van der Waals surface area contributed by atoms with E-state index in [1.165, 1.54) is 0 Å². The lowest BCUT2D eigenvalue weighted by Crippen LogP contribution is -2.00. The molecule has 0 aliphatic heterocycles. The van der Waals surface area contributed by atoms with E-state index < -0.39 is 0 Å². The molecule has 0 saturated carbocycles. The number of fused-ring (bicyclic) bond motifs is 3. The maximum absolute atomic E-state index is 6.37. The van der Waals surface area contributed by atoms with E-state index in [2.05, 4.69) is 140 Å². The Morgan fingerprint density at radius 2 is 0.735 bits per heavy atom. The van der Waals surface area contributed by atoms with Crippen LogP contribution in [-0.2, 0) is 0 Å². The summed E-state index contributed by atoms with van der Waals surface area (Å²) in [4.78, 5) is 15.3. The second kappa shape index (κ2) is 12.2. The molecule has 0 radical (unpaired) electrons. The zero-order valence-corrected chi connectivity index (χ0v) is 26.5. The topological polar surface area (TPSA) is 51.8 Å². The van der Waals surface area contributed by atoms with Gasteiger partial charge in [-0.3, -0.25) is 0 Å². The molecule has 0 amide bonds. The van der Waals surface area contributed by atoms with Gasteiger partial charge in [0, 0.05) is 27.5 Å². The lowest BCUT2D eigenvalue weighted by molar-refractivity contribution is 0.669. The van der Waals surface area contributed by atoms with Crippen LogP contribution in [0.4, 0.5) is 0 Å². The van der Waals surface area contributed by atoms with Crippen LogP contribution in [0.3, 0.4) is 0 Å². The molecule has 0 atom stereocenters. The van der Waals surface area contributed by atoms with Gasteiger partial charge in [0.15, 0.2) is 17.5 Å². The van der Waals surface area contributed by atoms with Crippen molar-refractivity contribution in [1.29, 1.82) is 0 Å². The van der Waals surface area contributed by atoms with Gasteiger partial charge in [-0.2, -0.15) is 0 Å². The third kappa shape index (κ3) is 5.45. The Morgan fingerprint density at radius 1 is 0.306 bits per heavy atom. The quantitative estimate of drug-likeness (QED) is 0.184. The van der Waals surface area contributed by atoms with Crippen molar-refractivity contribution in [2.24, 2.45) is 0 Å². The van der Waals surface area contributed by atoms with Gasteiger partial charge in [0.1, 0.15) is 11.2 Å². The summed E-state index contributed by atoms with van der Waals surface area (Å²) in [5.74, 6) is 1.82. The van der Waals surface area contributed by atoms with Crippen LogP contribution >= 0.6 is 0 Å². The van der Waals surface area contributed by atoms with E-state index in [4.69, 9.17) is 19.4 Å². The van der Waals surface area contributed by atoms with Crippen LogP contribution in [0.15, 0.2) is 180 Å². The first kappa shape index (κ1) is 28.6. The molecular formula is C45H29N3O. The summed E-state index contributed by atoms with van der Waals surface area (Å²) in [6.45, 7) is 0. The molecule has 0 aliphatic rings. The number of rotatable bonds is 6. The number of benzene rings is 7. The highest BCUT2D eigenvalue weighted by molar-refractivity contribution is 6.12. The van der Waals surface area contributed by atoms with Crippen LogP contribution in [0.2, 0.25) is 0 Å². The molecule has 9 rings (SSSR count). The summed E-state index contributed by atoms with van der Waals surface area (Å²) in [6, 6.07) is 60.5. The standard InChI is InChI=1S/C45H29N3O/c1-4-11-30(12-5-1)33-19-23-35(24-20-33)43-46-44(36-25-21-34(22-26-36)31-13-6-2-7-14-31)48-45(47-43)38-17-10-18-41-42(38)39-29-37(27-28-40(39)49-41)32-15-8-3-9-16-32/h1-29H. The second-order valence-electron chi connectivity index (χ2n) is 12.1. The molecule has 4 heteroatoms. The second-order valence-corrected chi connectivity index (χ2v) is 12.1. The zero-order valence-electron chi connectivity index (χ0n) is 26.5. The summed E-state index contributed by atoms with van der Waals surface area (Å²) >= 11 is 0. The van der Waals surface area contributed by atoms with E-state index in [0.717, 1.165) is 72.0 Å². The van der Waals surface area contributed by atoms with Gasteiger partial charge in [-0.1, -0.05) is 158 Å². The van der Waals surface area contributed by atoms with Crippen molar-refractivity contribution in [3.8, 4) is 67.5 Å². The summed E-state index contributed by atoms with van der Waals surface area (Å²) < 4.78 is 6.37. The van der Waals surface area contributed by atoms with E-state index in [0.29, 0.717) is 17.5 Å². The molecule has 9 aromatic rings. The molecule has 2 heterocycles. The highest BCUT2D eigenvalue weighted by atomic mass is 16.3. The molecule has 0 unspecified atom stereocenters. The average molecular weight is 628 g/mol. The first-order valence-electron chi connectivity index (χ1n) is 16.4. The van der Waals surface area contributed by atoms with Gasteiger partial charge in [0.2, 0.25) is 0 Å². The van der Waals surface area contributed by atoms with Crippen molar-refractivity contribution in [1.82, 2.24) is 15.0 Å². The summed E-state index contributed by atoms with van der Waals surface area (Å²) in [6.07, 6.45) is 0. The van der Waals surface area contributed by atoms with Crippen LogP contribution in [0, 0.1) is 0 Å². The molecule has 0 aliphatic carbocycles. The Kier molecular flexibility index (Phi) is 7.10. The Labute approximate surface area is 284 Å². The molecule has 2 aromatic heterocycles. The molecule has 230 valence electrons. The Hall–Kier alpha value is -6.65. The van der Waals surface area contributed by atoms with Crippen LogP contribution in [-0.4, -0.2) is 15.0 Å². The molecule has 4 nitrogen and oxygen atoms in total. The minimum atomic E-state index is 0.595. The van der Waals surface area contributed by atoms with Crippen molar-refractivity contribution in [2.45, 2.75) is 0 Å². The summed E-state index contributed by atoms with van der Waals surface area (Å²) in [5, 5.41) is 2.01. The molecule has 0 bridgehead atoms. The van der Waals surface area contributed by atoms with E-state index in [9.17, 15) is 0 Å². The Bertz CT molecular complexity index is 2460. The fraction of sp³-hybridized carbons (Fsp3) is 0. The molecule has 7 aromatic carbocycles. The SMILES string of the molecule is c1ccc(-c2ccc(-c3nc(-c4ccc(-c5ccccc5)cc4)nc(-c4cccc5oc6ccc(-c7ccccc7)cc6c45)n3)cc2)cc1. The molecular weight excluding hydrogens is 599 g/mol. The van der Waals surface area contributed by atoms with E-state index >= 15 is 0 Å². The van der Waals surface area contributed by atoms with Crippen LogP contribution < -0.4 is 0 Å². The smallest absolute Gasteiger partial charge is 0.164 e. The summed E-state index contributed by atoms with van der Waals surface area (Å²) in [5.41, 5.74) is 11.2. The van der Waals surface area contributed by atoms with Crippen LogP contribution in [0.25, 0.3) is 89.5 Å². The number of nitrogens with zero attached hydrogens (tertiary/aromatic N) is 3. The number of furan rings is 1. The first-order chi connectivity index (χ1) is 24.3. The van der Waals surface area contributed by atoms with Gasteiger partial charge >= 0.3 is 0 Å². The van der Waals surface area contributed by atoms with Gasteiger partial charge in [-0.15, -0.1) is 0 Å². The molecule has 0 saturated heterocycles. The van der Waals surface area contributed by atoms with Crippen molar-refractivity contribution >= 4 is 21.9 Å². The average Bonchev–Trinajstić information content (AvgIpc) is 3.57. The predicted molar refractivity (Wildman–Crippen MR) is 200 cm³/mol. The van der Waals surface area contributed by atoms with E-state index in [1.807, 2.05) is 36.4 Å². The van der Waals surface area contributed by atoms with Gasteiger partial charge in [-0.25, -0.2) is 15.0 Å². The van der Waals surface area contributed by atoms with Crippen LogP contribution in [0.5, 0.6) is 0 Å². The highest BCUT2D eigenvalue weighted by Crippen LogP contribution is 2.38. The maximum atomic E-state index is 6.37. The first-order valence-corrected chi connectivity index (χ1v) is 16.4. The van der Waals surface area contributed by atoms with E-state index in [1.54, 1.807) is 0 Å². The lowest BCUT2D eigenvalue weighted by Gasteiger charge is -2.10. The monoisotopic (exact) mass is 627 g/mol. The minimum Gasteiger partial charge on any atom is -0.456 e. The largest absolute Gasteiger partial charge is 0.456 e. The van der Waals surface area contributed by atoms with Crippen LogP contribution in [0.1, 0.15) is 0 Å². The Morgan fingerprint density at radius 3 is 1.27 bits per heavy atom. The fourth-order valence-corrected chi connectivity index (χ4v) is 6.46. The summed E-state index contributed by atoms with van der Waals surface area (Å²) in [7, 11) is 0. The number of hydrogen-bond donors (Lipinski definition) is 0. The zero-order chi connectivity index (χ0) is 32.6. The van der Waals surface area contributed by atoms with Gasteiger partial charge in [0.25, 0.3) is 0 Å². The highest BCUT2D eigenvalue weighted by Gasteiger charge is 2.18. The van der Waals surface area contributed by atoms with Crippen molar-refractivity contribution in [3.63, 3.8) is 0 Å². The molecule has 0 fully saturated rings. The van der Waals surface area contributed by atoms with Gasteiger partial charge in [0.05, 0.1) is 0 Å². The molecule has 0 N–H and O–H groups in total. The Balaban J connectivity index is 1.21. The predicted octanol–water partition coefficient (Wildman–Crippen LogP) is 11.8. The van der Waals surface area contributed by atoms with E-state index in [-0.39, 0.29) is 0 Å². The minimum absolute atomic E-state index is 0.595. The van der Waals surface area contributed by atoms with Crippen molar-refractivity contribution in [3.05, 3.63) is 176 Å². The fourth-order valence-electron chi connectivity index (χ4n) is 6.46. The number of hydrogen-bond acceptors (Lipinski definition) is 4. The molecule has 49 heavy (non-hydrogen) atoms. The van der Waals surface area contributed by atoms with Crippen molar-refractivity contribution in [2.75, 3.05) is 0 Å². The van der Waals surface area contributed by atoms with Crippen molar-refractivity contribution < 1.29 is 4.42 Å². The third-order valence-corrected chi connectivity index (χ3v) is 8.98.